The molecule has 1 rings (SSSR count). The summed E-state index contributed by atoms with van der Waals surface area (Å²) in [5.74, 6) is 2.62. The van der Waals surface area contributed by atoms with Crippen molar-refractivity contribution in [1.82, 2.24) is 5.32 Å². The third-order valence-corrected chi connectivity index (χ3v) is 5.77. The maximum atomic E-state index is 11.7. The molecule has 126 valence electrons. The molecule has 0 aliphatic carbocycles. The van der Waals surface area contributed by atoms with Gasteiger partial charge in [-0.1, -0.05) is 27.7 Å². The van der Waals surface area contributed by atoms with Crippen LogP contribution in [0.2, 0.25) is 0 Å². The van der Waals surface area contributed by atoms with Crippen LogP contribution in [0, 0.1) is 23.7 Å². The zero-order valence-electron chi connectivity index (χ0n) is 14.1. The molecule has 0 amide bonds. The quantitative estimate of drug-likeness (QED) is 0.628. The fourth-order valence-electron chi connectivity index (χ4n) is 2.81. The second kappa shape index (κ2) is 9.11. The number of hydrogen-bond donors (Lipinski definition) is 1. The summed E-state index contributed by atoms with van der Waals surface area (Å²) in [7, 11) is -2.79. The van der Waals surface area contributed by atoms with Gasteiger partial charge in [-0.25, -0.2) is 8.42 Å². The summed E-state index contributed by atoms with van der Waals surface area (Å²) in [4.78, 5) is 0. The van der Waals surface area contributed by atoms with Crippen molar-refractivity contribution in [3.05, 3.63) is 0 Å². The average Bonchev–Trinajstić information content (AvgIpc) is 2.72. The summed E-state index contributed by atoms with van der Waals surface area (Å²) < 4.78 is 29.1. The van der Waals surface area contributed by atoms with Crippen molar-refractivity contribution in [3.8, 4) is 0 Å². The fourth-order valence-corrected chi connectivity index (χ4v) is 4.73. The van der Waals surface area contributed by atoms with Gasteiger partial charge in [0.25, 0.3) is 0 Å². The highest BCUT2D eigenvalue weighted by molar-refractivity contribution is 7.91. The van der Waals surface area contributed by atoms with Gasteiger partial charge in [-0.05, 0) is 49.6 Å². The van der Waals surface area contributed by atoms with Gasteiger partial charge in [-0.2, -0.15) is 0 Å². The second-order valence-corrected chi connectivity index (χ2v) is 9.46. The van der Waals surface area contributed by atoms with Crippen LogP contribution in [0.25, 0.3) is 0 Å². The molecule has 0 radical (unpaired) electrons. The molecular formula is C16H33NO3S. The fraction of sp³-hybridized carbons (Fsp3) is 1.00. The molecule has 1 N–H and O–H groups in total. The van der Waals surface area contributed by atoms with Crippen LogP contribution in [-0.2, 0) is 14.6 Å². The lowest BCUT2D eigenvalue weighted by Crippen LogP contribution is -2.32. The Morgan fingerprint density at radius 1 is 1.14 bits per heavy atom. The molecule has 0 aromatic heterocycles. The third-order valence-electron chi connectivity index (χ3n) is 3.98. The first-order valence-electron chi connectivity index (χ1n) is 8.29. The van der Waals surface area contributed by atoms with Crippen molar-refractivity contribution in [2.24, 2.45) is 23.7 Å². The molecule has 0 aromatic carbocycles. The Balaban J connectivity index is 2.42. The van der Waals surface area contributed by atoms with Crippen LogP contribution in [0.5, 0.6) is 0 Å². The van der Waals surface area contributed by atoms with Gasteiger partial charge in [0, 0.05) is 13.2 Å². The Bertz CT molecular complexity index is 379. The van der Waals surface area contributed by atoms with E-state index in [0.29, 0.717) is 35.2 Å². The van der Waals surface area contributed by atoms with Crippen LogP contribution < -0.4 is 5.32 Å². The van der Waals surface area contributed by atoms with Crippen molar-refractivity contribution in [3.63, 3.8) is 0 Å². The Hall–Kier alpha value is -0.130. The van der Waals surface area contributed by atoms with Gasteiger partial charge in [0.2, 0.25) is 0 Å². The van der Waals surface area contributed by atoms with Gasteiger partial charge in [0.1, 0.15) is 0 Å². The lowest BCUT2D eigenvalue weighted by molar-refractivity contribution is 0.0912. The van der Waals surface area contributed by atoms with Crippen molar-refractivity contribution in [1.29, 1.82) is 0 Å². The van der Waals surface area contributed by atoms with Crippen molar-refractivity contribution in [2.45, 2.75) is 40.5 Å². The predicted molar refractivity (Wildman–Crippen MR) is 88.2 cm³/mol. The lowest BCUT2D eigenvalue weighted by Gasteiger charge is -2.24. The zero-order valence-corrected chi connectivity index (χ0v) is 14.9. The van der Waals surface area contributed by atoms with Crippen LogP contribution >= 0.6 is 0 Å². The number of nitrogens with one attached hydrogen (secondary N) is 1. The molecule has 0 aromatic rings. The Labute approximate surface area is 130 Å². The maximum Gasteiger partial charge on any atom is 0.150 e. The van der Waals surface area contributed by atoms with E-state index in [1.807, 2.05) is 0 Å². The number of hydrogen-bond acceptors (Lipinski definition) is 4. The lowest BCUT2D eigenvalue weighted by atomic mass is 9.89. The molecule has 2 unspecified atom stereocenters. The minimum absolute atomic E-state index is 0.303. The molecule has 21 heavy (non-hydrogen) atoms. The van der Waals surface area contributed by atoms with Crippen LogP contribution in [-0.4, -0.2) is 46.2 Å². The van der Waals surface area contributed by atoms with Gasteiger partial charge in [0.05, 0.1) is 11.5 Å². The smallest absolute Gasteiger partial charge is 0.150 e. The molecule has 1 aliphatic rings. The highest BCUT2D eigenvalue weighted by atomic mass is 32.2. The molecule has 4 nitrogen and oxygen atoms in total. The first-order valence-corrected chi connectivity index (χ1v) is 10.1. The van der Waals surface area contributed by atoms with Gasteiger partial charge >= 0.3 is 0 Å². The van der Waals surface area contributed by atoms with E-state index in [2.05, 4.69) is 33.0 Å². The van der Waals surface area contributed by atoms with Crippen LogP contribution in [0.3, 0.4) is 0 Å². The monoisotopic (exact) mass is 319 g/mol. The first-order chi connectivity index (χ1) is 9.80. The molecule has 1 fully saturated rings. The zero-order chi connectivity index (χ0) is 15.9. The summed E-state index contributed by atoms with van der Waals surface area (Å²) in [5.41, 5.74) is 0. The van der Waals surface area contributed by atoms with E-state index < -0.39 is 9.84 Å². The minimum atomic E-state index is -2.79. The summed E-state index contributed by atoms with van der Waals surface area (Å²) >= 11 is 0. The molecule has 0 bridgehead atoms. The van der Waals surface area contributed by atoms with Crippen LogP contribution in [0.15, 0.2) is 0 Å². The van der Waals surface area contributed by atoms with E-state index in [4.69, 9.17) is 4.74 Å². The van der Waals surface area contributed by atoms with Gasteiger partial charge in [-0.15, -0.1) is 0 Å². The summed E-state index contributed by atoms with van der Waals surface area (Å²) in [6.45, 7) is 12.1. The number of rotatable bonds is 10. The normalized spacial score (nSPS) is 23.0. The van der Waals surface area contributed by atoms with Gasteiger partial charge < -0.3 is 10.1 Å². The topological polar surface area (TPSA) is 55.4 Å². The molecule has 0 spiro atoms. The highest BCUT2D eigenvalue weighted by Gasteiger charge is 2.33. The first kappa shape index (κ1) is 18.9. The molecule has 0 saturated carbocycles. The molecule has 1 heterocycles. The van der Waals surface area contributed by atoms with Gasteiger partial charge in [0.15, 0.2) is 9.84 Å². The largest absolute Gasteiger partial charge is 0.381 e. The molecule has 1 saturated heterocycles. The molecule has 1 aliphatic heterocycles. The van der Waals surface area contributed by atoms with Crippen molar-refractivity contribution >= 4 is 9.84 Å². The standard InChI is InChI=1S/C16H33NO3S/c1-13(2)9-17-10-15(5-7-20-11-14(3)4)16-6-8-21(18,19)12-16/h13-17H,5-12H2,1-4H3. The second-order valence-electron chi connectivity index (χ2n) is 7.23. The number of ether oxygens (including phenoxy) is 1. The Kier molecular flexibility index (Phi) is 8.21. The van der Waals surface area contributed by atoms with E-state index in [0.717, 1.165) is 39.1 Å². The van der Waals surface area contributed by atoms with E-state index in [9.17, 15) is 8.42 Å². The van der Waals surface area contributed by atoms with Crippen LogP contribution in [0.4, 0.5) is 0 Å². The molecule has 5 heteroatoms. The van der Waals surface area contributed by atoms with Crippen molar-refractivity contribution < 1.29 is 13.2 Å². The minimum Gasteiger partial charge on any atom is -0.381 e. The number of sulfone groups is 1. The third kappa shape index (κ3) is 8.17. The van der Waals surface area contributed by atoms with E-state index in [1.165, 1.54) is 0 Å². The SMILES string of the molecule is CC(C)CNCC(CCOCC(C)C)C1CCS(=O)(=O)C1. The predicted octanol–water partition coefficient (Wildman–Crippen LogP) is 2.35. The average molecular weight is 320 g/mol. The highest BCUT2D eigenvalue weighted by Crippen LogP contribution is 2.28. The van der Waals surface area contributed by atoms with Crippen molar-refractivity contribution in [2.75, 3.05) is 37.8 Å². The maximum absolute atomic E-state index is 11.7. The van der Waals surface area contributed by atoms with Gasteiger partial charge in [-0.3, -0.25) is 0 Å². The van der Waals surface area contributed by atoms with E-state index >= 15 is 0 Å². The summed E-state index contributed by atoms with van der Waals surface area (Å²) in [5, 5.41) is 3.49. The molecular weight excluding hydrogens is 286 g/mol. The van der Waals surface area contributed by atoms with E-state index in [1.54, 1.807) is 0 Å². The summed E-state index contributed by atoms with van der Waals surface area (Å²) in [6.07, 6.45) is 1.78. The Morgan fingerprint density at radius 2 is 1.86 bits per heavy atom. The summed E-state index contributed by atoms with van der Waals surface area (Å²) in [6, 6.07) is 0. The van der Waals surface area contributed by atoms with E-state index in [-0.39, 0.29) is 0 Å². The van der Waals surface area contributed by atoms with Crippen LogP contribution in [0.1, 0.15) is 40.5 Å². The molecule has 2 atom stereocenters. The Morgan fingerprint density at radius 3 is 2.38 bits per heavy atom.